The topological polar surface area (TPSA) is 72.9 Å². The van der Waals surface area contributed by atoms with Gasteiger partial charge in [-0.05, 0) is 55.1 Å². The molecule has 1 aliphatic heterocycles. The monoisotopic (exact) mass is 339 g/mol. The van der Waals surface area contributed by atoms with Crippen molar-refractivity contribution in [1.82, 2.24) is 15.1 Å². The molecule has 128 valence electrons. The Labute approximate surface area is 146 Å². The van der Waals surface area contributed by atoms with Crippen LogP contribution in [-0.2, 0) is 0 Å². The zero-order chi connectivity index (χ0) is 18.3. The minimum atomic E-state index is -0.838. The van der Waals surface area contributed by atoms with Gasteiger partial charge < -0.3 is 11.1 Å². The van der Waals surface area contributed by atoms with E-state index in [2.05, 4.69) is 10.4 Å². The van der Waals surface area contributed by atoms with Gasteiger partial charge in [-0.1, -0.05) is 12.1 Å². The molecule has 4 rings (SSSR count). The van der Waals surface area contributed by atoms with Gasteiger partial charge in [0.2, 0.25) is 0 Å². The quantitative estimate of drug-likeness (QED) is 0.771. The van der Waals surface area contributed by atoms with E-state index in [1.165, 1.54) is 6.07 Å². The Morgan fingerprint density at radius 1 is 1.32 bits per heavy atom. The highest BCUT2D eigenvalue weighted by atomic mass is 19.1. The number of carbonyl (C=O) groups excluding carboxylic acids is 1. The van der Waals surface area contributed by atoms with Crippen molar-refractivity contribution in [1.29, 1.82) is 0 Å². The average Bonchev–Trinajstić information content (AvgIpc) is 3.06. The molecule has 1 aliphatic rings. The third-order valence-corrected chi connectivity index (χ3v) is 4.58. The van der Waals surface area contributed by atoms with Gasteiger partial charge in [0, 0.05) is 19.5 Å². The molecule has 2 aromatic carbocycles. The Morgan fingerprint density at radius 3 is 2.80 bits per heavy atom. The molecule has 1 saturated heterocycles. The molecule has 3 N–H and O–H groups in total. The summed E-state index contributed by atoms with van der Waals surface area (Å²) in [5.74, 6) is -2.13. The lowest BCUT2D eigenvalue weighted by molar-refractivity contribution is 0.0998. The summed E-state index contributed by atoms with van der Waals surface area (Å²) < 4.78 is 24.1. The zero-order valence-electron chi connectivity index (χ0n) is 14.6. The fourth-order valence-electron chi connectivity index (χ4n) is 3.28. The number of hydrogen-bond acceptors (Lipinski definition) is 3. The van der Waals surface area contributed by atoms with E-state index in [9.17, 15) is 9.18 Å². The number of carbonyl (C=O) groups is 1. The van der Waals surface area contributed by atoms with Gasteiger partial charge in [0.15, 0.2) is 0 Å². The Kier molecular flexibility index (Phi) is 3.67. The Balaban J connectivity index is 1.72. The van der Waals surface area contributed by atoms with E-state index in [0.29, 0.717) is 11.9 Å². The molecule has 0 saturated carbocycles. The van der Waals surface area contributed by atoms with E-state index in [1.54, 1.807) is 16.9 Å². The minimum absolute atomic E-state index is 0.198. The second kappa shape index (κ2) is 6.29. The first kappa shape index (κ1) is 14.6. The fourth-order valence-corrected chi connectivity index (χ4v) is 3.28. The molecule has 1 aromatic heterocycles. The zero-order valence-corrected chi connectivity index (χ0v) is 13.6. The predicted molar refractivity (Wildman–Crippen MR) is 94.4 cm³/mol. The Morgan fingerprint density at radius 2 is 2.12 bits per heavy atom. The van der Waals surface area contributed by atoms with Crippen LogP contribution in [0.4, 0.5) is 4.39 Å². The van der Waals surface area contributed by atoms with Crippen LogP contribution in [0.3, 0.4) is 0 Å². The second-order valence-corrected chi connectivity index (χ2v) is 6.23. The van der Waals surface area contributed by atoms with Crippen molar-refractivity contribution < 1.29 is 10.6 Å². The number of amides is 1. The molecule has 25 heavy (non-hydrogen) atoms. The van der Waals surface area contributed by atoms with Crippen molar-refractivity contribution in [2.24, 2.45) is 5.73 Å². The lowest BCUT2D eigenvalue weighted by Gasteiger charge is -2.23. The van der Waals surface area contributed by atoms with Crippen LogP contribution in [0.5, 0.6) is 0 Å². The molecule has 0 spiro atoms. The number of nitrogens with one attached hydrogen (secondary N) is 1. The van der Waals surface area contributed by atoms with Crippen LogP contribution in [0.1, 0.15) is 36.0 Å². The van der Waals surface area contributed by atoms with E-state index in [4.69, 9.17) is 7.10 Å². The van der Waals surface area contributed by atoms with E-state index < -0.39 is 17.6 Å². The molecule has 6 heteroatoms. The summed E-state index contributed by atoms with van der Waals surface area (Å²) in [5.41, 5.74) is 7.06. The van der Waals surface area contributed by atoms with Gasteiger partial charge in [0.05, 0.1) is 5.69 Å². The number of piperidine rings is 1. The van der Waals surface area contributed by atoms with Gasteiger partial charge in [-0.15, -0.1) is 0 Å². The molecule has 0 unspecified atom stereocenters. The van der Waals surface area contributed by atoms with Crippen molar-refractivity contribution in [3.8, 4) is 5.69 Å². The van der Waals surface area contributed by atoms with Crippen molar-refractivity contribution in [3.63, 3.8) is 0 Å². The maximum absolute atomic E-state index is 13.9. The molecule has 0 radical (unpaired) electrons. The normalized spacial score (nSPS) is 21.2. The maximum atomic E-state index is 13.9. The van der Waals surface area contributed by atoms with Crippen molar-refractivity contribution in [3.05, 3.63) is 59.5 Å². The summed E-state index contributed by atoms with van der Waals surface area (Å²) in [5, 5.41) is 8.25. The number of halogens is 1. The molecular weight excluding hydrogens is 319 g/mol. The fraction of sp³-hybridized carbons (Fsp3) is 0.263. The SMILES string of the molecule is [2H][C@@]1(c2ccc(-n3cc4ccc(F)c(C(N)=O)c4n3)cc2)CCCNC1. The third-order valence-electron chi connectivity index (χ3n) is 4.58. The molecule has 2 heterocycles. The van der Waals surface area contributed by atoms with Crippen LogP contribution in [0.15, 0.2) is 42.6 Å². The number of fused-ring (bicyclic) bond motifs is 1. The summed E-state index contributed by atoms with van der Waals surface area (Å²) in [6, 6.07) is 10.4. The second-order valence-electron chi connectivity index (χ2n) is 6.23. The molecule has 5 nitrogen and oxygen atoms in total. The lowest BCUT2D eigenvalue weighted by atomic mass is 9.92. The van der Waals surface area contributed by atoms with Crippen LogP contribution in [0.2, 0.25) is 0 Å². The lowest BCUT2D eigenvalue weighted by Crippen LogP contribution is -2.28. The molecule has 3 aromatic rings. The largest absolute Gasteiger partial charge is 0.365 e. The van der Waals surface area contributed by atoms with Gasteiger partial charge in [-0.3, -0.25) is 4.79 Å². The Hall–Kier alpha value is -2.73. The van der Waals surface area contributed by atoms with Gasteiger partial charge >= 0.3 is 0 Å². The Bertz CT molecular complexity index is 977. The van der Waals surface area contributed by atoms with Crippen molar-refractivity contribution >= 4 is 16.8 Å². The van der Waals surface area contributed by atoms with Crippen LogP contribution >= 0.6 is 0 Å². The first-order chi connectivity index (χ1) is 12.5. The molecule has 0 bridgehead atoms. The summed E-state index contributed by atoms with van der Waals surface area (Å²) >= 11 is 0. The number of primary amides is 1. The summed E-state index contributed by atoms with van der Waals surface area (Å²) in [6.07, 6.45) is 3.54. The van der Waals surface area contributed by atoms with Gasteiger partial charge in [-0.2, -0.15) is 5.10 Å². The molecule has 1 atom stereocenters. The summed E-state index contributed by atoms with van der Waals surface area (Å²) in [7, 11) is 0. The number of hydrogen-bond donors (Lipinski definition) is 2. The van der Waals surface area contributed by atoms with Gasteiger partial charge in [-0.25, -0.2) is 9.07 Å². The van der Waals surface area contributed by atoms with Crippen molar-refractivity contribution in [2.45, 2.75) is 18.7 Å². The first-order valence-corrected chi connectivity index (χ1v) is 8.27. The molecule has 1 amide bonds. The molecule has 1 fully saturated rings. The number of benzene rings is 2. The van der Waals surface area contributed by atoms with Crippen LogP contribution < -0.4 is 11.1 Å². The van der Waals surface area contributed by atoms with Gasteiger partial charge in [0.1, 0.15) is 16.9 Å². The third kappa shape index (κ3) is 2.89. The smallest absolute Gasteiger partial charge is 0.253 e. The number of nitrogens with two attached hydrogens (primary N) is 1. The predicted octanol–water partition coefficient (Wildman–Crippen LogP) is 2.73. The highest BCUT2D eigenvalue weighted by Gasteiger charge is 2.17. The van der Waals surface area contributed by atoms with Crippen LogP contribution in [-0.4, -0.2) is 28.8 Å². The number of aromatic nitrogens is 2. The standard InChI is InChI=1S/C19H19FN4O/c20-16-8-5-14-11-24(23-18(14)17(16)19(21)25)15-6-3-12(4-7-15)13-2-1-9-22-10-13/h3-8,11,13,22H,1-2,9-10H2,(H2,21,25)/t13-/m1/s1/i13D. The first-order valence-electron chi connectivity index (χ1n) is 8.77. The van der Waals surface area contributed by atoms with Crippen LogP contribution in [0, 0.1) is 5.82 Å². The van der Waals surface area contributed by atoms with Crippen molar-refractivity contribution in [2.75, 3.05) is 13.1 Å². The molecule has 0 aliphatic carbocycles. The van der Waals surface area contributed by atoms with E-state index >= 15 is 0 Å². The average molecular weight is 339 g/mol. The van der Waals surface area contributed by atoms with E-state index in [0.717, 1.165) is 30.6 Å². The minimum Gasteiger partial charge on any atom is -0.365 e. The molecular formula is C19H19FN4O. The number of rotatable bonds is 3. The van der Waals surface area contributed by atoms with Crippen LogP contribution in [0.25, 0.3) is 16.6 Å². The van der Waals surface area contributed by atoms with E-state index in [1.807, 2.05) is 24.3 Å². The number of nitrogens with zero attached hydrogens (tertiary/aromatic N) is 2. The van der Waals surface area contributed by atoms with E-state index in [-0.39, 0.29) is 11.1 Å². The summed E-state index contributed by atoms with van der Waals surface area (Å²) in [4.78, 5) is 11.5. The summed E-state index contributed by atoms with van der Waals surface area (Å²) in [6.45, 7) is 1.59. The maximum Gasteiger partial charge on any atom is 0.253 e. The van der Waals surface area contributed by atoms with Gasteiger partial charge in [0.25, 0.3) is 5.91 Å². The highest BCUT2D eigenvalue weighted by Crippen LogP contribution is 2.25. The highest BCUT2D eigenvalue weighted by molar-refractivity contribution is 6.04.